The van der Waals surface area contributed by atoms with Crippen molar-refractivity contribution in [1.82, 2.24) is 14.5 Å². The highest BCUT2D eigenvalue weighted by molar-refractivity contribution is 9.10. The molecule has 0 unspecified atom stereocenters. The summed E-state index contributed by atoms with van der Waals surface area (Å²) in [5.41, 5.74) is 2.14. The van der Waals surface area contributed by atoms with Crippen LogP contribution in [0.1, 0.15) is 25.3 Å². The summed E-state index contributed by atoms with van der Waals surface area (Å²) in [6, 6.07) is 11.5. The molecule has 0 aliphatic carbocycles. The molecule has 1 amide bonds. The minimum atomic E-state index is -0.940. The Balaban J connectivity index is 1.93. The molecular formula is C22H22BrClN4O3. The molecule has 2 aromatic carbocycles. The number of fused-ring (bicyclic) bond motifs is 1. The van der Waals surface area contributed by atoms with Gasteiger partial charge in [-0.1, -0.05) is 43.6 Å². The number of hydrogen-bond acceptors (Lipinski definition) is 4. The fourth-order valence-corrected chi connectivity index (χ4v) is 4.46. The third-order valence-corrected chi connectivity index (χ3v) is 6.76. The highest BCUT2D eigenvalue weighted by atomic mass is 79.9. The number of hydrogen-bond donors (Lipinski definition) is 1. The third-order valence-electron chi connectivity index (χ3n) is 5.56. The number of nitrogens with zero attached hydrogens (tertiary/aromatic N) is 4. The van der Waals surface area contributed by atoms with Gasteiger partial charge in [-0.3, -0.25) is 4.57 Å². The topological polar surface area (TPSA) is 78.7 Å². The lowest BCUT2D eigenvalue weighted by molar-refractivity contribution is 0.142. The van der Waals surface area contributed by atoms with Crippen LogP contribution in [-0.2, 0) is 0 Å². The molecule has 4 rings (SSSR count). The van der Waals surface area contributed by atoms with Gasteiger partial charge in [0.25, 0.3) is 0 Å². The maximum absolute atomic E-state index is 13.3. The Morgan fingerprint density at radius 1 is 1.16 bits per heavy atom. The van der Waals surface area contributed by atoms with E-state index >= 15 is 0 Å². The van der Waals surface area contributed by atoms with E-state index in [9.17, 15) is 14.7 Å². The predicted octanol–water partition coefficient (Wildman–Crippen LogP) is 4.73. The second-order valence-corrected chi connectivity index (χ2v) is 9.07. The monoisotopic (exact) mass is 504 g/mol. The van der Waals surface area contributed by atoms with Gasteiger partial charge in [0.05, 0.1) is 16.2 Å². The van der Waals surface area contributed by atoms with Crippen LogP contribution in [0, 0.1) is 0 Å². The zero-order valence-electron chi connectivity index (χ0n) is 17.2. The molecule has 1 saturated heterocycles. The summed E-state index contributed by atoms with van der Waals surface area (Å²) in [5.74, 6) is 0.746. The Morgan fingerprint density at radius 2 is 1.84 bits per heavy atom. The lowest BCUT2D eigenvalue weighted by Gasteiger charge is -2.34. The van der Waals surface area contributed by atoms with E-state index < -0.39 is 6.09 Å². The van der Waals surface area contributed by atoms with Gasteiger partial charge >= 0.3 is 11.8 Å². The summed E-state index contributed by atoms with van der Waals surface area (Å²) >= 11 is 9.90. The second-order valence-electron chi connectivity index (χ2n) is 7.81. The van der Waals surface area contributed by atoms with Crippen LogP contribution >= 0.6 is 27.5 Å². The van der Waals surface area contributed by atoms with Gasteiger partial charge in [-0.15, -0.1) is 0 Å². The number of benzene rings is 2. The Morgan fingerprint density at radius 3 is 2.48 bits per heavy atom. The van der Waals surface area contributed by atoms with E-state index in [0.717, 1.165) is 16.6 Å². The van der Waals surface area contributed by atoms with Gasteiger partial charge in [-0.2, -0.15) is 4.98 Å². The van der Waals surface area contributed by atoms with Gasteiger partial charge in [0.1, 0.15) is 5.82 Å². The Labute approximate surface area is 193 Å². The van der Waals surface area contributed by atoms with Gasteiger partial charge in [0.15, 0.2) is 0 Å². The fourth-order valence-electron chi connectivity index (χ4n) is 3.97. The molecule has 0 atom stereocenters. The molecule has 1 aliphatic rings. The number of carboxylic acid groups (broad SMARTS) is 1. The van der Waals surface area contributed by atoms with Gasteiger partial charge in [0, 0.05) is 36.0 Å². The lowest BCUT2D eigenvalue weighted by Crippen LogP contribution is -2.49. The number of halogens is 2. The van der Waals surface area contributed by atoms with E-state index in [2.05, 4.69) is 34.8 Å². The molecule has 0 spiro atoms. The first-order valence-corrected chi connectivity index (χ1v) is 11.2. The minimum absolute atomic E-state index is 0.220. The molecule has 1 aromatic heterocycles. The van der Waals surface area contributed by atoms with E-state index in [-0.39, 0.29) is 11.6 Å². The van der Waals surface area contributed by atoms with E-state index in [1.165, 1.54) is 4.90 Å². The first kappa shape index (κ1) is 21.6. The zero-order chi connectivity index (χ0) is 22.3. The maximum Gasteiger partial charge on any atom is 0.407 e. The molecular weight excluding hydrogens is 484 g/mol. The summed E-state index contributed by atoms with van der Waals surface area (Å²) < 4.78 is 2.31. The van der Waals surface area contributed by atoms with Crippen LogP contribution in [-0.4, -0.2) is 51.8 Å². The van der Waals surface area contributed by atoms with Crippen molar-refractivity contribution in [3.05, 3.63) is 61.9 Å². The molecule has 1 aliphatic heterocycles. The van der Waals surface area contributed by atoms with Crippen molar-refractivity contribution < 1.29 is 9.90 Å². The summed E-state index contributed by atoms with van der Waals surface area (Å²) in [5, 5.41) is 10.5. The van der Waals surface area contributed by atoms with Crippen LogP contribution in [0.25, 0.3) is 16.6 Å². The number of carbonyl (C=O) groups is 1. The summed E-state index contributed by atoms with van der Waals surface area (Å²) in [4.78, 5) is 32.3. The Kier molecular flexibility index (Phi) is 5.94. The highest BCUT2D eigenvalue weighted by Gasteiger charge is 2.25. The molecule has 0 saturated carbocycles. The number of aromatic nitrogens is 2. The first-order chi connectivity index (χ1) is 14.8. The summed E-state index contributed by atoms with van der Waals surface area (Å²) in [7, 11) is 0. The lowest BCUT2D eigenvalue weighted by atomic mass is 10.0. The van der Waals surface area contributed by atoms with Gasteiger partial charge in [0.2, 0.25) is 0 Å². The predicted molar refractivity (Wildman–Crippen MR) is 126 cm³/mol. The molecule has 162 valence electrons. The fraction of sp³-hybridized carbons (Fsp3) is 0.318. The average Bonchev–Trinajstić information content (AvgIpc) is 2.74. The van der Waals surface area contributed by atoms with Crippen molar-refractivity contribution in [3.63, 3.8) is 0 Å². The molecule has 1 fully saturated rings. The quantitative estimate of drug-likeness (QED) is 0.557. The molecule has 2 heterocycles. The first-order valence-electron chi connectivity index (χ1n) is 10.0. The van der Waals surface area contributed by atoms with E-state index in [1.807, 2.05) is 35.2 Å². The molecule has 3 aromatic rings. The van der Waals surface area contributed by atoms with Crippen molar-refractivity contribution in [2.75, 3.05) is 31.1 Å². The van der Waals surface area contributed by atoms with E-state index in [0.29, 0.717) is 47.0 Å². The van der Waals surface area contributed by atoms with Gasteiger partial charge in [-0.25, -0.2) is 9.59 Å². The number of para-hydroxylation sites is 1. The van der Waals surface area contributed by atoms with Gasteiger partial charge < -0.3 is 14.9 Å². The van der Waals surface area contributed by atoms with Crippen molar-refractivity contribution in [2.24, 2.45) is 0 Å². The molecule has 0 radical (unpaired) electrons. The Hall–Kier alpha value is -2.58. The van der Waals surface area contributed by atoms with Crippen molar-refractivity contribution in [2.45, 2.75) is 19.8 Å². The summed E-state index contributed by atoms with van der Waals surface area (Å²) in [6.07, 6.45) is -0.940. The van der Waals surface area contributed by atoms with Crippen molar-refractivity contribution in [1.29, 1.82) is 0 Å². The van der Waals surface area contributed by atoms with E-state index in [4.69, 9.17) is 11.6 Å². The van der Waals surface area contributed by atoms with E-state index in [1.54, 1.807) is 10.6 Å². The van der Waals surface area contributed by atoms with Crippen LogP contribution in [0.15, 0.2) is 45.7 Å². The normalized spacial score (nSPS) is 14.5. The largest absolute Gasteiger partial charge is 0.465 e. The SMILES string of the molecule is CC(C)c1ccccc1-n1c(=O)nc(N2CCN(C(=O)O)CC2)c2cc(Cl)c(Br)cc21. The Bertz CT molecular complexity index is 1220. The van der Waals surface area contributed by atoms with Gasteiger partial charge in [-0.05, 0) is 45.6 Å². The average molecular weight is 506 g/mol. The number of anilines is 1. The standard InChI is InChI=1S/C22H22BrClN4O3/c1-13(2)14-5-3-4-6-18(14)28-19-12-16(23)17(24)11-15(19)20(25-21(28)29)26-7-9-27(10-8-26)22(30)31/h3-6,11-13H,7-10H2,1-2H3,(H,30,31). The summed E-state index contributed by atoms with van der Waals surface area (Å²) in [6.45, 7) is 5.78. The van der Waals surface area contributed by atoms with Crippen LogP contribution in [0.4, 0.5) is 10.6 Å². The number of amides is 1. The van der Waals surface area contributed by atoms with Crippen LogP contribution in [0.5, 0.6) is 0 Å². The molecule has 31 heavy (non-hydrogen) atoms. The number of rotatable bonds is 3. The third kappa shape index (κ3) is 4.02. The second kappa shape index (κ2) is 8.51. The smallest absolute Gasteiger partial charge is 0.407 e. The highest BCUT2D eigenvalue weighted by Crippen LogP contribution is 2.34. The number of piperazine rings is 1. The minimum Gasteiger partial charge on any atom is -0.465 e. The van der Waals surface area contributed by atoms with Crippen LogP contribution in [0.2, 0.25) is 5.02 Å². The van der Waals surface area contributed by atoms with Crippen LogP contribution in [0.3, 0.4) is 0 Å². The van der Waals surface area contributed by atoms with Crippen LogP contribution < -0.4 is 10.6 Å². The molecule has 0 bridgehead atoms. The zero-order valence-corrected chi connectivity index (χ0v) is 19.5. The maximum atomic E-state index is 13.3. The molecule has 9 heteroatoms. The van der Waals surface area contributed by atoms with Crippen molar-refractivity contribution in [3.8, 4) is 5.69 Å². The molecule has 7 nitrogen and oxygen atoms in total. The van der Waals surface area contributed by atoms with Crippen molar-refractivity contribution >= 4 is 50.3 Å². The molecule has 1 N–H and O–H groups in total.